The van der Waals surface area contributed by atoms with Gasteiger partial charge < -0.3 is 16.0 Å². The van der Waals surface area contributed by atoms with Gasteiger partial charge in [0.1, 0.15) is 0 Å². The summed E-state index contributed by atoms with van der Waals surface area (Å²) in [5.41, 5.74) is 2.69. The van der Waals surface area contributed by atoms with E-state index in [4.69, 9.17) is 0 Å². The topological polar surface area (TPSA) is 65.5 Å². The van der Waals surface area contributed by atoms with Crippen molar-refractivity contribution < 1.29 is 4.79 Å². The van der Waals surface area contributed by atoms with Crippen LogP contribution in [0.25, 0.3) is 0 Å². The third-order valence-electron chi connectivity index (χ3n) is 3.83. The number of hydrogen-bond acceptors (Lipinski definition) is 3. The average molecular weight is 387 g/mol. The molecule has 3 N–H and O–H groups in total. The molecule has 0 saturated carbocycles. The highest BCUT2D eigenvalue weighted by Crippen LogP contribution is 2.14. The standard InChI is InChI=1S/C21H30N4OS/c1-6-22-20(24-14-18-15(2)10-11-27-18)23-13-16-8-7-9-17(12-16)19(26)25-21(3,4)5/h7-12H,6,13-14H2,1-5H3,(H,25,26)(H2,22,23,24). The summed E-state index contributed by atoms with van der Waals surface area (Å²) in [6.07, 6.45) is 0. The van der Waals surface area contributed by atoms with Crippen LogP contribution < -0.4 is 16.0 Å². The molecule has 0 fully saturated rings. The van der Waals surface area contributed by atoms with E-state index >= 15 is 0 Å². The Morgan fingerprint density at radius 3 is 2.59 bits per heavy atom. The third-order valence-corrected chi connectivity index (χ3v) is 4.85. The second-order valence-electron chi connectivity index (χ2n) is 7.48. The highest BCUT2D eigenvalue weighted by atomic mass is 32.1. The number of thiophene rings is 1. The van der Waals surface area contributed by atoms with Crippen molar-refractivity contribution in [1.29, 1.82) is 0 Å². The summed E-state index contributed by atoms with van der Waals surface area (Å²) in [6.45, 7) is 12.1. The zero-order valence-electron chi connectivity index (χ0n) is 16.8. The van der Waals surface area contributed by atoms with Crippen molar-refractivity contribution >= 4 is 23.2 Å². The quantitative estimate of drug-likeness (QED) is 0.522. The maximum atomic E-state index is 12.3. The van der Waals surface area contributed by atoms with Gasteiger partial charge >= 0.3 is 0 Å². The number of hydrogen-bond donors (Lipinski definition) is 3. The van der Waals surface area contributed by atoms with Crippen LogP contribution in [0.2, 0.25) is 0 Å². The summed E-state index contributed by atoms with van der Waals surface area (Å²) in [7, 11) is 0. The highest BCUT2D eigenvalue weighted by Gasteiger charge is 2.15. The number of carbonyl (C=O) groups is 1. The molecule has 5 nitrogen and oxygen atoms in total. The molecule has 0 atom stereocenters. The zero-order chi connectivity index (χ0) is 19.9. The van der Waals surface area contributed by atoms with Crippen LogP contribution >= 0.6 is 11.3 Å². The molecule has 0 aliphatic carbocycles. The van der Waals surface area contributed by atoms with E-state index in [-0.39, 0.29) is 11.4 Å². The lowest BCUT2D eigenvalue weighted by molar-refractivity contribution is 0.0919. The molecule has 146 valence electrons. The highest BCUT2D eigenvalue weighted by molar-refractivity contribution is 7.10. The molecule has 2 aromatic rings. The minimum absolute atomic E-state index is 0.0634. The molecule has 1 heterocycles. The first-order chi connectivity index (χ1) is 12.8. The van der Waals surface area contributed by atoms with E-state index in [1.807, 2.05) is 52.0 Å². The number of benzene rings is 1. The van der Waals surface area contributed by atoms with Crippen molar-refractivity contribution in [3.8, 4) is 0 Å². The molecule has 0 aliphatic heterocycles. The zero-order valence-corrected chi connectivity index (χ0v) is 17.7. The van der Waals surface area contributed by atoms with Crippen molar-refractivity contribution in [2.24, 2.45) is 4.99 Å². The first kappa shape index (κ1) is 21.0. The van der Waals surface area contributed by atoms with E-state index in [0.29, 0.717) is 12.1 Å². The molecular formula is C21H30N4OS. The van der Waals surface area contributed by atoms with Crippen molar-refractivity contribution in [3.05, 3.63) is 57.3 Å². The van der Waals surface area contributed by atoms with E-state index in [2.05, 4.69) is 39.3 Å². The number of nitrogens with one attached hydrogen (secondary N) is 3. The lowest BCUT2D eigenvalue weighted by Gasteiger charge is -2.20. The maximum absolute atomic E-state index is 12.3. The van der Waals surface area contributed by atoms with E-state index in [1.165, 1.54) is 10.4 Å². The number of guanidine groups is 1. The van der Waals surface area contributed by atoms with Gasteiger partial charge in [-0.25, -0.2) is 4.99 Å². The molecular weight excluding hydrogens is 356 g/mol. The smallest absolute Gasteiger partial charge is 0.251 e. The van der Waals surface area contributed by atoms with E-state index in [9.17, 15) is 4.79 Å². The van der Waals surface area contributed by atoms with Crippen LogP contribution in [0.3, 0.4) is 0 Å². The SMILES string of the molecule is CCNC(=NCc1cccc(C(=O)NC(C)(C)C)c1)NCc1sccc1C. The first-order valence-electron chi connectivity index (χ1n) is 9.25. The minimum atomic E-state index is -0.257. The molecule has 0 bridgehead atoms. The van der Waals surface area contributed by atoms with E-state index in [0.717, 1.165) is 24.6 Å². The summed E-state index contributed by atoms with van der Waals surface area (Å²) >= 11 is 1.74. The number of amides is 1. The normalized spacial score (nSPS) is 12.0. The van der Waals surface area contributed by atoms with E-state index in [1.54, 1.807) is 11.3 Å². The van der Waals surface area contributed by atoms with Gasteiger partial charge in [-0.3, -0.25) is 4.79 Å². The fraction of sp³-hybridized carbons (Fsp3) is 0.429. The summed E-state index contributed by atoms with van der Waals surface area (Å²) in [6, 6.07) is 9.75. The van der Waals surface area contributed by atoms with Gasteiger partial charge in [-0.2, -0.15) is 0 Å². The predicted molar refractivity (Wildman–Crippen MR) is 114 cm³/mol. The molecule has 0 unspecified atom stereocenters. The lowest BCUT2D eigenvalue weighted by Crippen LogP contribution is -2.40. The number of aliphatic imine (C=N–C) groups is 1. The summed E-state index contributed by atoms with van der Waals surface area (Å²) in [4.78, 5) is 18.3. The maximum Gasteiger partial charge on any atom is 0.251 e. The fourth-order valence-corrected chi connectivity index (χ4v) is 3.33. The van der Waals surface area contributed by atoms with Crippen LogP contribution in [0.1, 0.15) is 54.1 Å². The molecule has 27 heavy (non-hydrogen) atoms. The van der Waals surface area contributed by atoms with Gasteiger partial charge in [-0.1, -0.05) is 12.1 Å². The van der Waals surface area contributed by atoms with Gasteiger partial charge in [0.05, 0.1) is 13.1 Å². The Bertz CT molecular complexity index is 789. The summed E-state index contributed by atoms with van der Waals surface area (Å²) in [5.74, 6) is 0.710. The van der Waals surface area contributed by atoms with Crippen molar-refractivity contribution in [2.75, 3.05) is 6.54 Å². The van der Waals surface area contributed by atoms with Gasteiger partial charge in [0.15, 0.2) is 5.96 Å². The van der Waals surface area contributed by atoms with Crippen molar-refractivity contribution in [1.82, 2.24) is 16.0 Å². The largest absolute Gasteiger partial charge is 0.357 e. The second-order valence-corrected chi connectivity index (χ2v) is 8.48. The number of carbonyl (C=O) groups excluding carboxylic acids is 1. The van der Waals surface area contributed by atoms with Crippen LogP contribution in [0, 0.1) is 6.92 Å². The Morgan fingerprint density at radius 2 is 1.96 bits per heavy atom. The number of nitrogens with zero attached hydrogens (tertiary/aromatic N) is 1. The lowest BCUT2D eigenvalue weighted by atomic mass is 10.1. The van der Waals surface area contributed by atoms with Crippen LogP contribution in [0.4, 0.5) is 0 Å². The van der Waals surface area contributed by atoms with Crippen molar-refractivity contribution in [2.45, 2.75) is 53.2 Å². The minimum Gasteiger partial charge on any atom is -0.357 e. The fourth-order valence-electron chi connectivity index (χ4n) is 2.48. The monoisotopic (exact) mass is 386 g/mol. The Hall–Kier alpha value is -2.34. The van der Waals surface area contributed by atoms with Gasteiger partial charge in [0, 0.05) is 22.5 Å². The molecule has 1 amide bonds. The van der Waals surface area contributed by atoms with Gasteiger partial charge in [0.2, 0.25) is 0 Å². The average Bonchev–Trinajstić information content (AvgIpc) is 3.01. The molecule has 1 aromatic heterocycles. The van der Waals surface area contributed by atoms with Gasteiger partial charge in [-0.05, 0) is 69.3 Å². The van der Waals surface area contributed by atoms with E-state index < -0.39 is 0 Å². The predicted octanol–water partition coefficient (Wildman–Crippen LogP) is 3.84. The summed E-state index contributed by atoms with van der Waals surface area (Å²) in [5, 5.41) is 11.7. The molecule has 1 aromatic carbocycles. The molecule has 0 aliphatic rings. The van der Waals surface area contributed by atoms with Gasteiger partial charge in [-0.15, -0.1) is 11.3 Å². The van der Waals surface area contributed by atoms with Gasteiger partial charge in [0.25, 0.3) is 5.91 Å². The Balaban J connectivity index is 2.03. The summed E-state index contributed by atoms with van der Waals surface area (Å²) < 4.78 is 0. The Kier molecular flexibility index (Phi) is 7.42. The number of aryl methyl sites for hydroxylation is 1. The third kappa shape index (κ3) is 7.06. The number of rotatable bonds is 6. The molecule has 0 spiro atoms. The Morgan fingerprint density at radius 1 is 1.19 bits per heavy atom. The molecule has 0 saturated heterocycles. The van der Waals surface area contributed by atoms with Crippen LogP contribution in [0.5, 0.6) is 0 Å². The second kappa shape index (κ2) is 9.55. The van der Waals surface area contributed by atoms with Crippen LogP contribution in [-0.2, 0) is 13.1 Å². The van der Waals surface area contributed by atoms with Crippen LogP contribution in [0.15, 0.2) is 40.7 Å². The van der Waals surface area contributed by atoms with Crippen molar-refractivity contribution in [3.63, 3.8) is 0 Å². The molecule has 2 rings (SSSR count). The van der Waals surface area contributed by atoms with Crippen LogP contribution in [-0.4, -0.2) is 24.0 Å². The molecule has 6 heteroatoms. The first-order valence-corrected chi connectivity index (χ1v) is 10.1. The molecule has 0 radical (unpaired) electrons. The Labute approximate surface area is 166 Å².